The Balaban J connectivity index is 1.41. The van der Waals surface area contributed by atoms with Crippen LogP contribution >= 0.6 is 0 Å². The third-order valence-electron chi connectivity index (χ3n) is 5.95. The van der Waals surface area contributed by atoms with E-state index in [0.717, 1.165) is 31.7 Å². The van der Waals surface area contributed by atoms with Crippen LogP contribution in [0.4, 0.5) is 21.5 Å². The van der Waals surface area contributed by atoms with Gasteiger partial charge in [-0.3, -0.25) is 9.59 Å². The monoisotopic (exact) mass is 410 g/mol. The van der Waals surface area contributed by atoms with Gasteiger partial charge in [0.25, 0.3) is 0 Å². The summed E-state index contributed by atoms with van der Waals surface area (Å²) in [6, 6.07) is 12.1. The minimum absolute atomic E-state index is 0.0819. The zero-order chi connectivity index (χ0) is 21.3. The van der Waals surface area contributed by atoms with Crippen molar-refractivity contribution in [1.82, 2.24) is 4.90 Å². The van der Waals surface area contributed by atoms with Crippen LogP contribution in [0.25, 0.3) is 0 Å². The summed E-state index contributed by atoms with van der Waals surface area (Å²) < 4.78 is 14.0. The number of hydrogen-bond acceptors (Lipinski definition) is 4. The number of aryl methyl sites for hydroxylation is 1. The molecule has 0 aromatic heterocycles. The molecule has 1 unspecified atom stereocenters. The molecule has 0 spiro atoms. The van der Waals surface area contributed by atoms with E-state index in [9.17, 15) is 14.0 Å². The van der Waals surface area contributed by atoms with E-state index in [1.165, 1.54) is 16.7 Å². The number of likely N-dealkylation sites (N-methyl/N-ethyl adjacent to an activating group) is 1. The summed E-state index contributed by atoms with van der Waals surface area (Å²) in [5.41, 5.74) is 3.23. The first-order chi connectivity index (χ1) is 14.4. The van der Waals surface area contributed by atoms with Gasteiger partial charge in [0, 0.05) is 50.5 Å². The first-order valence-electron chi connectivity index (χ1n) is 10.3. The van der Waals surface area contributed by atoms with E-state index in [0.29, 0.717) is 5.69 Å². The van der Waals surface area contributed by atoms with E-state index in [-0.39, 0.29) is 30.5 Å². The molecular formula is C23H27FN4O2. The number of carbonyl (C=O) groups excluding carboxylic acids is 2. The largest absolute Gasteiger partial charge is 0.369 e. The summed E-state index contributed by atoms with van der Waals surface area (Å²) in [6.45, 7) is 6.27. The summed E-state index contributed by atoms with van der Waals surface area (Å²) in [4.78, 5) is 31.2. The lowest BCUT2D eigenvalue weighted by atomic mass is 10.1. The first-order valence-corrected chi connectivity index (χ1v) is 10.3. The molecule has 30 heavy (non-hydrogen) atoms. The van der Waals surface area contributed by atoms with Crippen LogP contribution in [0.1, 0.15) is 12.0 Å². The highest BCUT2D eigenvalue weighted by molar-refractivity contribution is 6.03. The smallest absolute Gasteiger partial charge is 0.229 e. The first kappa shape index (κ1) is 20.3. The van der Waals surface area contributed by atoms with Gasteiger partial charge >= 0.3 is 0 Å². The van der Waals surface area contributed by atoms with Gasteiger partial charge in [0.05, 0.1) is 11.6 Å². The third-order valence-corrected chi connectivity index (χ3v) is 5.95. The molecule has 0 radical (unpaired) electrons. The SMILES string of the molecule is Cc1cc(NC(=O)C2CC(=O)N(c3ccccc3F)C2)ccc1N1CCN(C)CC1. The molecule has 2 amide bonds. The third kappa shape index (κ3) is 4.16. The maximum Gasteiger partial charge on any atom is 0.229 e. The number of carbonyl (C=O) groups is 2. The lowest BCUT2D eigenvalue weighted by molar-refractivity contribution is -0.122. The molecule has 2 fully saturated rings. The fourth-order valence-electron chi connectivity index (χ4n) is 4.17. The Morgan fingerprint density at radius 1 is 1.07 bits per heavy atom. The second-order valence-electron chi connectivity index (χ2n) is 8.14. The molecule has 0 saturated carbocycles. The van der Waals surface area contributed by atoms with Crippen molar-refractivity contribution in [2.45, 2.75) is 13.3 Å². The molecule has 2 aliphatic heterocycles. The van der Waals surface area contributed by atoms with E-state index in [1.807, 2.05) is 25.1 Å². The molecular weight excluding hydrogens is 383 g/mol. The zero-order valence-electron chi connectivity index (χ0n) is 17.4. The molecule has 1 atom stereocenters. The van der Waals surface area contributed by atoms with Crippen molar-refractivity contribution in [1.29, 1.82) is 0 Å². The van der Waals surface area contributed by atoms with Gasteiger partial charge in [-0.05, 0) is 49.9 Å². The van der Waals surface area contributed by atoms with Crippen LogP contribution in [0.3, 0.4) is 0 Å². The molecule has 2 aliphatic rings. The summed E-state index contributed by atoms with van der Waals surface area (Å²) in [7, 11) is 2.13. The van der Waals surface area contributed by atoms with Crippen molar-refractivity contribution in [3.8, 4) is 0 Å². The highest BCUT2D eigenvalue weighted by atomic mass is 19.1. The van der Waals surface area contributed by atoms with Gasteiger partial charge in [0.15, 0.2) is 0 Å². The number of rotatable bonds is 4. The maximum absolute atomic E-state index is 14.0. The summed E-state index contributed by atoms with van der Waals surface area (Å²) in [6.07, 6.45) is 0.0819. The highest BCUT2D eigenvalue weighted by Crippen LogP contribution is 2.29. The van der Waals surface area contributed by atoms with Crippen molar-refractivity contribution in [3.63, 3.8) is 0 Å². The van der Waals surface area contributed by atoms with E-state index in [4.69, 9.17) is 0 Å². The Labute approximate surface area is 176 Å². The van der Waals surface area contributed by atoms with E-state index < -0.39 is 11.7 Å². The van der Waals surface area contributed by atoms with Gasteiger partial charge in [-0.15, -0.1) is 0 Å². The quantitative estimate of drug-likeness (QED) is 0.842. The van der Waals surface area contributed by atoms with Crippen LogP contribution in [0.15, 0.2) is 42.5 Å². The van der Waals surface area contributed by atoms with E-state index in [1.54, 1.807) is 18.2 Å². The molecule has 2 aromatic rings. The minimum atomic E-state index is -0.505. The second-order valence-corrected chi connectivity index (χ2v) is 8.14. The molecule has 6 nitrogen and oxygen atoms in total. The highest BCUT2D eigenvalue weighted by Gasteiger charge is 2.36. The van der Waals surface area contributed by atoms with Gasteiger partial charge in [-0.1, -0.05) is 12.1 Å². The van der Waals surface area contributed by atoms with Gasteiger partial charge in [-0.2, -0.15) is 0 Å². The molecule has 7 heteroatoms. The Hall–Kier alpha value is -2.93. The van der Waals surface area contributed by atoms with E-state index in [2.05, 4.69) is 22.2 Å². The summed E-state index contributed by atoms with van der Waals surface area (Å²) >= 11 is 0. The minimum Gasteiger partial charge on any atom is -0.369 e. The summed E-state index contributed by atoms with van der Waals surface area (Å²) in [5, 5.41) is 2.93. The Bertz CT molecular complexity index is 956. The van der Waals surface area contributed by atoms with Crippen molar-refractivity contribution in [3.05, 3.63) is 53.8 Å². The topological polar surface area (TPSA) is 55.9 Å². The molecule has 2 saturated heterocycles. The second kappa shape index (κ2) is 8.44. The van der Waals surface area contributed by atoms with E-state index >= 15 is 0 Å². The number of piperazine rings is 1. The van der Waals surface area contributed by atoms with Crippen molar-refractivity contribution >= 4 is 28.9 Å². The lowest BCUT2D eigenvalue weighted by Crippen LogP contribution is -2.44. The number of halogens is 1. The number of para-hydroxylation sites is 1. The molecule has 0 bridgehead atoms. The molecule has 2 heterocycles. The molecule has 4 rings (SSSR count). The van der Waals surface area contributed by atoms with Crippen molar-refractivity contribution in [2.75, 3.05) is 54.9 Å². The van der Waals surface area contributed by atoms with Gasteiger partial charge in [0.2, 0.25) is 11.8 Å². The van der Waals surface area contributed by atoms with Crippen LogP contribution in [0.2, 0.25) is 0 Å². The van der Waals surface area contributed by atoms with Crippen LogP contribution in [0.5, 0.6) is 0 Å². The Morgan fingerprint density at radius 2 is 1.80 bits per heavy atom. The van der Waals surface area contributed by atoms with Crippen LogP contribution in [-0.4, -0.2) is 56.5 Å². The fourth-order valence-corrected chi connectivity index (χ4v) is 4.17. The number of nitrogens with one attached hydrogen (secondary N) is 1. The van der Waals surface area contributed by atoms with Crippen LogP contribution in [-0.2, 0) is 9.59 Å². The number of anilines is 3. The average molecular weight is 410 g/mol. The molecule has 0 aliphatic carbocycles. The fraction of sp³-hybridized carbons (Fsp3) is 0.391. The van der Waals surface area contributed by atoms with Gasteiger partial charge in [-0.25, -0.2) is 4.39 Å². The number of benzene rings is 2. The molecule has 158 valence electrons. The Morgan fingerprint density at radius 3 is 2.50 bits per heavy atom. The number of amides is 2. The predicted molar refractivity (Wildman–Crippen MR) is 116 cm³/mol. The summed E-state index contributed by atoms with van der Waals surface area (Å²) in [5.74, 6) is -1.41. The van der Waals surface area contributed by atoms with Gasteiger partial charge in [0.1, 0.15) is 5.82 Å². The van der Waals surface area contributed by atoms with Crippen molar-refractivity contribution in [2.24, 2.45) is 5.92 Å². The zero-order valence-corrected chi connectivity index (χ0v) is 17.4. The number of hydrogen-bond donors (Lipinski definition) is 1. The standard InChI is InChI=1S/C23H27FN4O2/c1-16-13-18(7-8-20(16)27-11-9-26(2)10-12-27)25-23(30)17-14-22(29)28(15-17)21-6-4-3-5-19(21)24/h3-8,13,17H,9-12,14-15H2,1-2H3,(H,25,30). The predicted octanol–water partition coefficient (Wildman–Crippen LogP) is 2.88. The number of nitrogens with zero attached hydrogens (tertiary/aromatic N) is 3. The molecule has 1 N–H and O–H groups in total. The Kier molecular flexibility index (Phi) is 5.72. The van der Waals surface area contributed by atoms with Crippen molar-refractivity contribution < 1.29 is 14.0 Å². The maximum atomic E-state index is 14.0. The van der Waals surface area contributed by atoms with Gasteiger partial charge < -0.3 is 20.0 Å². The normalized spacial score (nSPS) is 20.0. The molecule has 2 aromatic carbocycles. The average Bonchev–Trinajstić information content (AvgIpc) is 3.11. The lowest BCUT2D eigenvalue weighted by Gasteiger charge is -2.35. The van der Waals surface area contributed by atoms with Crippen LogP contribution < -0.4 is 15.1 Å². The van der Waals surface area contributed by atoms with Crippen LogP contribution in [0, 0.1) is 18.7 Å².